The van der Waals surface area contributed by atoms with Crippen LogP contribution in [0.3, 0.4) is 0 Å². The van der Waals surface area contributed by atoms with Gasteiger partial charge in [-0.2, -0.15) is 13.2 Å². The van der Waals surface area contributed by atoms with Crippen LogP contribution in [0.4, 0.5) is 18.9 Å². The van der Waals surface area contributed by atoms with Crippen LogP contribution in [-0.2, 0) is 14.3 Å². The summed E-state index contributed by atoms with van der Waals surface area (Å²) in [4.78, 5) is 25.4. The van der Waals surface area contributed by atoms with E-state index in [1.165, 1.54) is 29.2 Å². The van der Waals surface area contributed by atoms with E-state index in [0.29, 0.717) is 0 Å². The molecule has 25 heavy (non-hydrogen) atoms. The largest absolute Gasteiger partial charge is 0.466 e. The maximum absolute atomic E-state index is 12.5. The molecule has 0 radical (unpaired) electrons. The first-order valence-corrected chi connectivity index (χ1v) is 7.91. The number of rotatable bonds is 6. The summed E-state index contributed by atoms with van der Waals surface area (Å²) >= 11 is -0.282. The number of methoxy groups -OCH3 is 1. The number of ether oxygens (including phenoxy) is 1. The van der Waals surface area contributed by atoms with E-state index in [-0.39, 0.29) is 53.3 Å². The molecule has 1 aromatic carbocycles. The topological polar surface area (TPSA) is 78.9 Å². The first-order chi connectivity index (χ1) is 11.7. The van der Waals surface area contributed by atoms with Crippen LogP contribution in [0.1, 0.15) is 0 Å². The van der Waals surface area contributed by atoms with E-state index < -0.39 is 17.4 Å². The van der Waals surface area contributed by atoms with Crippen molar-refractivity contribution in [2.24, 2.45) is 0 Å². The van der Waals surface area contributed by atoms with Gasteiger partial charge in [0, 0.05) is 17.1 Å². The van der Waals surface area contributed by atoms with Gasteiger partial charge in [-0.25, -0.2) is 4.79 Å². The van der Waals surface area contributed by atoms with Crippen molar-refractivity contribution in [1.82, 2.24) is 4.90 Å². The lowest BCUT2D eigenvalue weighted by Crippen LogP contribution is -2.31. The highest BCUT2D eigenvalue weighted by molar-refractivity contribution is 8.00. The second-order valence-corrected chi connectivity index (χ2v) is 6.13. The Labute approximate surface area is 145 Å². The Morgan fingerprint density at radius 2 is 2.16 bits per heavy atom. The molecule has 1 aliphatic rings. The standard InChI is InChI=1S/C15H15F3N2O4S/c1-24-14(23)11-8-20(5-6-21)13(22)12(11)19-9-3-2-4-10(7-9)25-15(16,17)18/h2-4,7,19,21H,5-6,8H2,1H3. The second kappa shape index (κ2) is 7.79. The minimum Gasteiger partial charge on any atom is -0.466 e. The van der Waals surface area contributed by atoms with Gasteiger partial charge in [0.2, 0.25) is 0 Å². The number of alkyl halides is 3. The average Bonchev–Trinajstić information content (AvgIpc) is 2.83. The number of β-amino-alcohol motifs (C(OH)–C–C–N with tert-alkyl or cyclic N) is 1. The zero-order valence-corrected chi connectivity index (χ0v) is 13.9. The van der Waals surface area contributed by atoms with Crippen LogP contribution in [0.15, 0.2) is 40.4 Å². The average molecular weight is 376 g/mol. The van der Waals surface area contributed by atoms with Gasteiger partial charge in [-0.05, 0) is 30.0 Å². The van der Waals surface area contributed by atoms with Gasteiger partial charge in [0.25, 0.3) is 5.91 Å². The number of aliphatic hydroxyl groups excluding tert-OH is 1. The van der Waals surface area contributed by atoms with Crippen molar-refractivity contribution in [3.63, 3.8) is 0 Å². The molecule has 0 spiro atoms. The maximum Gasteiger partial charge on any atom is 0.446 e. The lowest BCUT2D eigenvalue weighted by atomic mass is 10.2. The minimum atomic E-state index is -4.43. The van der Waals surface area contributed by atoms with Crippen molar-refractivity contribution in [3.8, 4) is 0 Å². The quantitative estimate of drug-likeness (QED) is 0.584. The molecule has 10 heteroatoms. The SMILES string of the molecule is COC(=O)C1=C(Nc2cccc(SC(F)(F)F)c2)C(=O)N(CCO)C1. The molecule has 1 heterocycles. The fourth-order valence-corrected chi connectivity index (χ4v) is 2.86. The number of hydrogen-bond acceptors (Lipinski definition) is 6. The molecular weight excluding hydrogens is 361 g/mol. The summed E-state index contributed by atoms with van der Waals surface area (Å²) in [7, 11) is 1.16. The number of thioether (sulfide) groups is 1. The molecule has 0 saturated carbocycles. The number of nitrogens with zero attached hydrogens (tertiary/aromatic N) is 1. The molecular formula is C15H15F3N2O4S. The van der Waals surface area contributed by atoms with Crippen molar-refractivity contribution in [3.05, 3.63) is 35.5 Å². The Morgan fingerprint density at radius 3 is 2.76 bits per heavy atom. The second-order valence-electron chi connectivity index (χ2n) is 5.00. The van der Waals surface area contributed by atoms with E-state index in [9.17, 15) is 22.8 Å². The Balaban J connectivity index is 2.27. The number of carbonyl (C=O) groups is 2. The predicted molar refractivity (Wildman–Crippen MR) is 84.7 cm³/mol. The molecule has 0 bridgehead atoms. The summed E-state index contributed by atoms with van der Waals surface area (Å²) in [6, 6.07) is 5.39. The van der Waals surface area contributed by atoms with E-state index in [4.69, 9.17) is 5.11 Å². The Hall–Kier alpha value is -2.20. The van der Waals surface area contributed by atoms with Crippen molar-refractivity contribution in [1.29, 1.82) is 0 Å². The Morgan fingerprint density at radius 1 is 1.44 bits per heavy atom. The summed E-state index contributed by atoms with van der Waals surface area (Å²) in [6.07, 6.45) is 0. The smallest absolute Gasteiger partial charge is 0.446 e. The van der Waals surface area contributed by atoms with Gasteiger partial charge in [0.05, 0.1) is 25.8 Å². The fourth-order valence-electron chi connectivity index (χ4n) is 2.26. The first-order valence-electron chi connectivity index (χ1n) is 7.09. The molecule has 136 valence electrons. The molecule has 0 aliphatic carbocycles. The van der Waals surface area contributed by atoms with Gasteiger partial charge in [-0.1, -0.05) is 6.07 Å². The van der Waals surface area contributed by atoms with Crippen LogP contribution in [0, 0.1) is 0 Å². The minimum absolute atomic E-state index is 0.0223. The van der Waals surface area contributed by atoms with E-state index in [0.717, 1.165) is 7.11 Å². The summed E-state index contributed by atoms with van der Waals surface area (Å²) < 4.78 is 42.1. The number of benzene rings is 1. The van der Waals surface area contributed by atoms with Gasteiger partial charge in [0.15, 0.2) is 0 Å². The summed E-state index contributed by atoms with van der Waals surface area (Å²) in [5.41, 5.74) is -4.23. The van der Waals surface area contributed by atoms with E-state index >= 15 is 0 Å². The van der Waals surface area contributed by atoms with Crippen LogP contribution in [0.5, 0.6) is 0 Å². The van der Waals surface area contributed by atoms with Gasteiger partial charge in [-0.3, -0.25) is 4.79 Å². The Bertz CT molecular complexity index is 706. The number of carbonyl (C=O) groups excluding carboxylic acids is 2. The summed E-state index contributed by atoms with van der Waals surface area (Å²) in [5.74, 6) is -1.26. The molecule has 0 atom stereocenters. The maximum atomic E-state index is 12.5. The number of aliphatic hydroxyl groups is 1. The summed E-state index contributed by atoms with van der Waals surface area (Å²) in [5, 5.41) is 11.7. The normalized spacial score (nSPS) is 14.9. The van der Waals surface area contributed by atoms with Crippen molar-refractivity contribution >= 4 is 29.3 Å². The lowest BCUT2D eigenvalue weighted by Gasteiger charge is -2.15. The monoisotopic (exact) mass is 376 g/mol. The van der Waals surface area contributed by atoms with E-state index in [2.05, 4.69) is 10.1 Å². The molecule has 1 aliphatic heterocycles. The van der Waals surface area contributed by atoms with Crippen molar-refractivity contribution in [2.45, 2.75) is 10.4 Å². The third-order valence-corrected chi connectivity index (χ3v) is 4.01. The van der Waals surface area contributed by atoms with Gasteiger partial charge < -0.3 is 20.1 Å². The van der Waals surface area contributed by atoms with E-state index in [1.54, 1.807) is 0 Å². The van der Waals surface area contributed by atoms with Gasteiger partial charge >= 0.3 is 11.5 Å². The number of amides is 1. The fraction of sp³-hybridized carbons (Fsp3) is 0.333. The number of hydrogen-bond donors (Lipinski definition) is 2. The van der Waals surface area contributed by atoms with Crippen LogP contribution in [-0.4, -0.2) is 54.2 Å². The highest BCUT2D eigenvalue weighted by Crippen LogP contribution is 2.37. The molecule has 1 aromatic rings. The van der Waals surface area contributed by atoms with E-state index in [1.807, 2.05) is 0 Å². The first kappa shape index (κ1) is 19.1. The van der Waals surface area contributed by atoms with Crippen molar-refractivity contribution < 1.29 is 32.6 Å². The molecule has 0 saturated heterocycles. The molecule has 0 fully saturated rings. The van der Waals surface area contributed by atoms with Gasteiger partial charge in [0.1, 0.15) is 5.70 Å². The third kappa shape index (κ3) is 4.89. The molecule has 1 amide bonds. The highest BCUT2D eigenvalue weighted by Gasteiger charge is 2.34. The van der Waals surface area contributed by atoms with Crippen LogP contribution < -0.4 is 5.32 Å². The zero-order valence-electron chi connectivity index (χ0n) is 13.1. The van der Waals surface area contributed by atoms with Crippen LogP contribution >= 0.6 is 11.8 Å². The number of anilines is 1. The molecule has 0 aromatic heterocycles. The van der Waals surface area contributed by atoms with Crippen LogP contribution in [0.2, 0.25) is 0 Å². The van der Waals surface area contributed by atoms with Crippen LogP contribution in [0.25, 0.3) is 0 Å². The van der Waals surface area contributed by atoms with Gasteiger partial charge in [-0.15, -0.1) is 0 Å². The number of halogens is 3. The molecule has 2 N–H and O–H groups in total. The number of nitrogens with one attached hydrogen (secondary N) is 1. The summed E-state index contributed by atoms with van der Waals surface area (Å²) in [6.45, 7) is -0.314. The predicted octanol–water partition coefficient (Wildman–Crippen LogP) is 1.97. The molecule has 6 nitrogen and oxygen atoms in total. The number of esters is 1. The lowest BCUT2D eigenvalue weighted by molar-refractivity contribution is -0.136. The molecule has 0 unspecified atom stereocenters. The van der Waals surface area contributed by atoms with Crippen molar-refractivity contribution in [2.75, 3.05) is 32.1 Å². The molecule has 2 rings (SSSR count). The third-order valence-electron chi connectivity index (χ3n) is 3.29. The highest BCUT2D eigenvalue weighted by atomic mass is 32.2. The Kier molecular flexibility index (Phi) is 5.96. The zero-order chi connectivity index (χ0) is 18.6.